The standard InChI is InChI=1S/C18H26N6O/c1-12-10-19-7-6-16(12)20-8-9-21-18(25)23-17-13(2)11-22-24(17)14(3)15-4-5-15/h6-7,10-11,14-15H,4-5,8-9H2,1-3H3,(H,19,20)(H2,21,23,25). The summed E-state index contributed by atoms with van der Waals surface area (Å²) < 4.78 is 1.94. The van der Waals surface area contributed by atoms with E-state index in [0.29, 0.717) is 25.0 Å². The van der Waals surface area contributed by atoms with Crippen LogP contribution in [0, 0.1) is 19.8 Å². The quantitative estimate of drug-likeness (QED) is 0.675. The Morgan fingerprint density at radius 1 is 1.28 bits per heavy atom. The van der Waals surface area contributed by atoms with Crippen molar-refractivity contribution in [2.24, 2.45) is 5.92 Å². The highest BCUT2D eigenvalue weighted by Gasteiger charge is 2.31. The number of rotatable bonds is 7. The van der Waals surface area contributed by atoms with E-state index >= 15 is 0 Å². The molecule has 25 heavy (non-hydrogen) atoms. The summed E-state index contributed by atoms with van der Waals surface area (Å²) in [6.45, 7) is 7.30. The van der Waals surface area contributed by atoms with Gasteiger partial charge in [-0.3, -0.25) is 10.3 Å². The third-order valence-electron chi connectivity index (χ3n) is 4.65. The first-order valence-corrected chi connectivity index (χ1v) is 8.79. The SMILES string of the molecule is Cc1cnccc1NCCNC(=O)Nc1c(C)cnn1C(C)C1CC1. The van der Waals surface area contributed by atoms with Crippen LogP contribution >= 0.6 is 0 Å². The Hall–Kier alpha value is -2.57. The lowest BCUT2D eigenvalue weighted by atomic mass is 10.2. The normalized spacial score (nSPS) is 14.8. The third-order valence-corrected chi connectivity index (χ3v) is 4.65. The van der Waals surface area contributed by atoms with Crippen molar-refractivity contribution in [1.82, 2.24) is 20.1 Å². The van der Waals surface area contributed by atoms with Gasteiger partial charge in [0.2, 0.25) is 0 Å². The number of amides is 2. The van der Waals surface area contributed by atoms with Crippen LogP contribution in [-0.2, 0) is 0 Å². The Kier molecular flexibility index (Phi) is 5.21. The number of hydrogen-bond donors (Lipinski definition) is 3. The molecule has 134 valence electrons. The summed E-state index contributed by atoms with van der Waals surface area (Å²) >= 11 is 0. The number of aromatic nitrogens is 3. The largest absolute Gasteiger partial charge is 0.383 e. The molecule has 1 aliphatic carbocycles. The number of anilines is 2. The van der Waals surface area contributed by atoms with Crippen LogP contribution in [0.5, 0.6) is 0 Å². The third kappa shape index (κ3) is 4.29. The van der Waals surface area contributed by atoms with Crippen LogP contribution in [0.1, 0.15) is 36.9 Å². The molecular formula is C18H26N6O. The predicted molar refractivity (Wildman–Crippen MR) is 98.9 cm³/mol. The van der Waals surface area contributed by atoms with E-state index in [0.717, 1.165) is 22.6 Å². The number of nitrogens with zero attached hydrogens (tertiary/aromatic N) is 3. The first-order valence-electron chi connectivity index (χ1n) is 8.79. The minimum Gasteiger partial charge on any atom is -0.383 e. The molecule has 7 heteroatoms. The number of carbonyl (C=O) groups excluding carboxylic acids is 1. The van der Waals surface area contributed by atoms with Gasteiger partial charge in [0.1, 0.15) is 5.82 Å². The second-order valence-corrected chi connectivity index (χ2v) is 6.70. The first-order chi connectivity index (χ1) is 12.1. The molecule has 2 heterocycles. The lowest BCUT2D eigenvalue weighted by Gasteiger charge is -2.16. The van der Waals surface area contributed by atoms with Crippen LogP contribution in [0.4, 0.5) is 16.3 Å². The van der Waals surface area contributed by atoms with Gasteiger partial charge in [-0.15, -0.1) is 0 Å². The van der Waals surface area contributed by atoms with Crippen molar-refractivity contribution in [2.75, 3.05) is 23.7 Å². The summed E-state index contributed by atoms with van der Waals surface area (Å²) in [6.07, 6.45) is 7.85. The topological polar surface area (TPSA) is 83.9 Å². The summed E-state index contributed by atoms with van der Waals surface area (Å²) in [5.41, 5.74) is 3.10. The first kappa shape index (κ1) is 17.3. The van der Waals surface area contributed by atoms with Crippen molar-refractivity contribution in [3.8, 4) is 0 Å². The van der Waals surface area contributed by atoms with Crippen LogP contribution in [0.25, 0.3) is 0 Å². The lowest BCUT2D eigenvalue weighted by Crippen LogP contribution is -2.33. The van der Waals surface area contributed by atoms with Gasteiger partial charge < -0.3 is 10.6 Å². The summed E-state index contributed by atoms with van der Waals surface area (Å²) in [5.74, 6) is 1.46. The highest BCUT2D eigenvalue weighted by molar-refractivity contribution is 5.89. The summed E-state index contributed by atoms with van der Waals surface area (Å²) in [7, 11) is 0. The molecule has 1 unspecified atom stereocenters. The van der Waals surface area contributed by atoms with E-state index < -0.39 is 0 Å². The fourth-order valence-electron chi connectivity index (χ4n) is 2.89. The zero-order chi connectivity index (χ0) is 17.8. The minimum atomic E-state index is -0.207. The monoisotopic (exact) mass is 342 g/mol. The van der Waals surface area contributed by atoms with Gasteiger partial charge in [-0.05, 0) is 51.2 Å². The zero-order valence-electron chi connectivity index (χ0n) is 15.0. The van der Waals surface area contributed by atoms with Gasteiger partial charge >= 0.3 is 6.03 Å². The number of pyridine rings is 1. The molecule has 7 nitrogen and oxygen atoms in total. The Bertz CT molecular complexity index is 737. The molecule has 1 fully saturated rings. The average molecular weight is 342 g/mol. The molecule has 3 N–H and O–H groups in total. The number of aryl methyl sites for hydroxylation is 2. The number of urea groups is 1. The van der Waals surface area contributed by atoms with Gasteiger partial charge in [0.15, 0.2) is 0 Å². The summed E-state index contributed by atoms with van der Waals surface area (Å²) in [6, 6.07) is 2.04. The molecule has 3 rings (SSSR count). The fourth-order valence-corrected chi connectivity index (χ4v) is 2.89. The highest BCUT2D eigenvalue weighted by atomic mass is 16.2. The predicted octanol–water partition coefficient (Wildman–Crippen LogP) is 3.10. The average Bonchev–Trinajstić information content (AvgIpc) is 3.38. The van der Waals surface area contributed by atoms with Crippen LogP contribution < -0.4 is 16.0 Å². The van der Waals surface area contributed by atoms with E-state index in [1.54, 1.807) is 6.20 Å². The molecule has 0 aliphatic heterocycles. The maximum atomic E-state index is 12.2. The van der Waals surface area contributed by atoms with Gasteiger partial charge in [0.05, 0.1) is 12.2 Å². The van der Waals surface area contributed by atoms with E-state index in [2.05, 4.69) is 33.0 Å². The Morgan fingerprint density at radius 2 is 2.08 bits per heavy atom. The minimum absolute atomic E-state index is 0.207. The molecule has 1 saturated carbocycles. The van der Waals surface area contributed by atoms with Crippen molar-refractivity contribution >= 4 is 17.5 Å². The number of nitrogens with one attached hydrogen (secondary N) is 3. The molecule has 0 aromatic carbocycles. The van der Waals surface area contributed by atoms with Gasteiger partial charge in [0.25, 0.3) is 0 Å². The lowest BCUT2D eigenvalue weighted by molar-refractivity contribution is 0.252. The Labute approximate surface area is 148 Å². The Balaban J connectivity index is 1.48. The molecule has 1 atom stereocenters. The molecule has 0 spiro atoms. The summed E-state index contributed by atoms with van der Waals surface area (Å²) in [4.78, 5) is 16.3. The number of hydrogen-bond acceptors (Lipinski definition) is 4. The van der Waals surface area contributed by atoms with Crippen molar-refractivity contribution in [1.29, 1.82) is 0 Å². The maximum Gasteiger partial charge on any atom is 0.320 e. The van der Waals surface area contributed by atoms with Crippen LogP contribution in [0.15, 0.2) is 24.7 Å². The van der Waals surface area contributed by atoms with Crippen LogP contribution in [0.2, 0.25) is 0 Å². The molecule has 1 aliphatic rings. The molecule has 0 radical (unpaired) electrons. The van der Waals surface area contributed by atoms with Gasteiger partial charge in [-0.1, -0.05) is 0 Å². The molecule has 2 aromatic rings. The zero-order valence-corrected chi connectivity index (χ0v) is 15.0. The molecule has 2 aromatic heterocycles. The smallest absolute Gasteiger partial charge is 0.320 e. The Morgan fingerprint density at radius 3 is 2.80 bits per heavy atom. The summed E-state index contributed by atoms with van der Waals surface area (Å²) in [5, 5.41) is 13.5. The second-order valence-electron chi connectivity index (χ2n) is 6.70. The van der Waals surface area contributed by atoms with Gasteiger partial charge in [0, 0.05) is 36.7 Å². The molecule has 0 bridgehead atoms. The van der Waals surface area contributed by atoms with Crippen LogP contribution in [0.3, 0.4) is 0 Å². The molecular weight excluding hydrogens is 316 g/mol. The van der Waals surface area contributed by atoms with Gasteiger partial charge in [-0.25, -0.2) is 9.48 Å². The van der Waals surface area contributed by atoms with E-state index in [-0.39, 0.29) is 6.03 Å². The molecule has 2 amide bonds. The van der Waals surface area contributed by atoms with E-state index in [1.165, 1.54) is 12.8 Å². The van der Waals surface area contributed by atoms with Crippen molar-refractivity contribution in [2.45, 2.75) is 39.7 Å². The fraction of sp³-hybridized carbons (Fsp3) is 0.500. The van der Waals surface area contributed by atoms with Crippen molar-refractivity contribution < 1.29 is 4.79 Å². The number of carbonyl (C=O) groups is 1. The van der Waals surface area contributed by atoms with E-state index in [4.69, 9.17) is 0 Å². The van der Waals surface area contributed by atoms with E-state index in [1.807, 2.05) is 37.0 Å². The van der Waals surface area contributed by atoms with E-state index in [9.17, 15) is 4.79 Å². The van der Waals surface area contributed by atoms with Crippen LogP contribution in [-0.4, -0.2) is 33.9 Å². The van der Waals surface area contributed by atoms with Gasteiger partial charge in [-0.2, -0.15) is 5.10 Å². The second kappa shape index (κ2) is 7.55. The highest BCUT2D eigenvalue weighted by Crippen LogP contribution is 2.40. The molecule has 0 saturated heterocycles. The van der Waals surface area contributed by atoms with Crippen molar-refractivity contribution in [3.63, 3.8) is 0 Å². The van der Waals surface area contributed by atoms with Crippen molar-refractivity contribution in [3.05, 3.63) is 35.8 Å². The maximum absolute atomic E-state index is 12.2.